The third kappa shape index (κ3) is 6.18. The van der Waals surface area contributed by atoms with Gasteiger partial charge in [-0.3, -0.25) is 9.69 Å². The van der Waals surface area contributed by atoms with E-state index in [9.17, 15) is 17.6 Å². The average molecular weight is 469 g/mol. The minimum atomic E-state index is -3.06. The lowest BCUT2D eigenvalue weighted by Gasteiger charge is -2.33. The molecule has 1 heterocycles. The molecule has 3 aromatic rings. The van der Waals surface area contributed by atoms with E-state index in [1.807, 2.05) is 35.2 Å². The summed E-state index contributed by atoms with van der Waals surface area (Å²) in [5.74, 6) is 0.100. The fraction of sp³-hybridized carbons (Fsp3) is 0.240. The number of rotatable bonds is 7. The number of ether oxygens (including phenoxy) is 1. The van der Waals surface area contributed by atoms with E-state index >= 15 is 0 Å². The predicted molar refractivity (Wildman–Crippen MR) is 125 cm³/mol. The van der Waals surface area contributed by atoms with Crippen LogP contribution < -0.4 is 10.1 Å². The van der Waals surface area contributed by atoms with Crippen molar-refractivity contribution in [3.05, 3.63) is 95.8 Å². The SMILES string of the molecule is O=C(Nc1cccc(OCc2ccc(F)cc2)c1)C(c1ccccc1)N1CCS(=O)(=O)CC1. The number of anilines is 1. The maximum atomic E-state index is 13.3. The molecule has 6 nitrogen and oxygen atoms in total. The number of benzene rings is 3. The molecule has 0 radical (unpaired) electrons. The Hall–Kier alpha value is -3.23. The first-order valence-corrected chi connectivity index (χ1v) is 12.5. The van der Waals surface area contributed by atoms with Gasteiger partial charge in [-0.05, 0) is 35.4 Å². The first-order valence-electron chi connectivity index (χ1n) is 10.7. The molecule has 0 bridgehead atoms. The van der Waals surface area contributed by atoms with Gasteiger partial charge in [0.2, 0.25) is 5.91 Å². The molecule has 1 aliphatic rings. The second kappa shape index (κ2) is 10.1. The van der Waals surface area contributed by atoms with Crippen molar-refractivity contribution in [2.75, 3.05) is 29.9 Å². The van der Waals surface area contributed by atoms with Crippen molar-refractivity contribution in [1.29, 1.82) is 0 Å². The van der Waals surface area contributed by atoms with Crippen molar-refractivity contribution in [3.8, 4) is 5.75 Å². The number of hydrogen-bond acceptors (Lipinski definition) is 5. The Kier molecular flexibility index (Phi) is 7.05. The summed E-state index contributed by atoms with van der Waals surface area (Å²) in [5, 5.41) is 2.94. The lowest BCUT2D eigenvalue weighted by molar-refractivity contribution is -0.121. The van der Waals surface area contributed by atoms with Crippen molar-refractivity contribution in [3.63, 3.8) is 0 Å². The Morgan fingerprint density at radius 1 is 0.970 bits per heavy atom. The Balaban J connectivity index is 1.47. The number of amides is 1. The molecule has 1 fully saturated rings. The molecule has 1 unspecified atom stereocenters. The van der Waals surface area contributed by atoms with Gasteiger partial charge in [-0.2, -0.15) is 0 Å². The van der Waals surface area contributed by atoms with E-state index in [-0.39, 0.29) is 29.8 Å². The summed E-state index contributed by atoms with van der Waals surface area (Å²) in [6.07, 6.45) is 0. The number of nitrogens with one attached hydrogen (secondary N) is 1. The van der Waals surface area contributed by atoms with Crippen LogP contribution in [0.2, 0.25) is 0 Å². The van der Waals surface area contributed by atoms with Crippen molar-refractivity contribution in [2.45, 2.75) is 12.6 Å². The van der Waals surface area contributed by atoms with Crippen LogP contribution >= 0.6 is 0 Å². The molecule has 0 saturated carbocycles. The van der Waals surface area contributed by atoms with Crippen LogP contribution in [0.3, 0.4) is 0 Å². The van der Waals surface area contributed by atoms with E-state index in [0.29, 0.717) is 24.5 Å². The molecule has 172 valence electrons. The molecular weight excluding hydrogens is 443 g/mol. The molecule has 33 heavy (non-hydrogen) atoms. The van der Waals surface area contributed by atoms with Crippen LogP contribution in [0.15, 0.2) is 78.9 Å². The average Bonchev–Trinajstić information content (AvgIpc) is 2.81. The number of sulfone groups is 1. The summed E-state index contributed by atoms with van der Waals surface area (Å²) < 4.78 is 42.6. The third-order valence-electron chi connectivity index (χ3n) is 5.53. The lowest BCUT2D eigenvalue weighted by atomic mass is 10.0. The molecule has 0 aromatic heterocycles. The summed E-state index contributed by atoms with van der Waals surface area (Å²) in [6.45, 7) is 0.874. The Morgan fingerprint density at radius 2 is 1.67 bits per heavy atom. The number of carbonyl (C=O) groups is 1. The Bertz CT molecular complexity index is 1190. The van der Waals surface area contributed by atoms with E-state index in [0.717, 1.165) is 11.1 Å². The number of halogens is 1. The van der Waals surface area contributed by atoms with Crippen LogP contribution in [-0.2, 0) is 21.2 Å². The highest BCUT2D eigenvalue weighted by atomic mass is 32.2. The molecule has 3 aromatic carbocycles. The molecule has 8 heteroatoms. The van der Waals surface area contributed by atoms with E-state index in [4.69, 9.17) is 4.74 Å². The second-order valence-corrected chi connectivity index (χ2v) is 10.2. The molecule has 4 rings (SSSR count). The van der Waals surface area contributed by atoms with Crippen LogP contribution in [0, 0.1) is 5.82 Å². The standard InChI is InChI=1S/C25H25FN2O4S/c26-21-11-9-19(10-12-21)18-32-23-8-4-7-22(17-23)27-25(29)24(20-5-2-1-3-6-20)28-13-15-33(30,31)16-14-28/h1-12,17,24H,13-16,18H2,(H,27,29). The smallest absolute Gasteiger partial charge is 0.246 e. The number of hydrogen-bond donors (Lipinski definition) is 1. The summed E-state index contributed by atoms with van der Waals surface area (Å²) in [4.78, 5) is 15.2. The van der Waals surface area contributed by atoms with Crippen LogP contribution in [0.4, 0.5) is 10.1 Å². The third-order valence-corrected chi connectivity index (χ3v) is 7.14. The van der Waals surface area contributed by atoms with Gasteiger partial charge in [0.1, 0.15) is 24.2 Å². The zero-order chi connectivity index (χ0) is 23.3. The number of carbonyl (C=O) groups excluding carboxylic acids is 1. The first kappa shape index (κ1) is 22.9. The van der Waals surface area contributed by atoms with Crippen molar-refractivity contribution < 1.29 is 22.3 Å². The predicted octanol–water partition coefficient (Wildman–Crippen LogP) is 3.81. The Morgan fingerprint density at radius 3 is 2.36 bits per heavy atom. The van der Waals surface area contributed by atoms with Gasteiger partial charge in [0.25, 0.3) is 0 Å². The summed E-state index contributed by atoms with van der Waals surface area (Å²) in [7, 11) is -3.06. The van der Waals surface area contributed by atoms with E-state index in [1.165, 1.54) is 12.1 Å². The van der Waals surface area contributed by atoms with Gasteiger partial charge in [-0.25, -0.2) is 12.8 Å². The highest BCUT2D eigenvalue weighted by Gasteiger charge is 2.32. The fourth-order valence-corrected chi connectivity index (χ4v) is 5.00. The Labute approximate surface area is 192 Å². The zero-order valence-electron chi connectivity index (χ0n) is 18.0. The van der Waals surface area contributed by atoms with Gasteiger partial charge in [-0.15, -0.1) is 0 Å². The van der Waals surface area contributed by atoms with Crippen LogP contribution in [0.25, 0.3) is 0 Å². The molecule has 0 spiro atoms. The zero-order valence-corrected chi connectivity index (χ0v) is 18.8. The minimum Gasteiger partial charge on any atom is -0.489 e. The van der Waals surface area contributed by atoms with Crippen LogP contribution in [-0.4, -0.2) is 43.8 Å². The van der Waals surface area contributed by atoms with Gasteiger partial charge in [0.05, 0.1) is 11.5 Å². The normalized spacial score (nSPS) is 16.6. The minimum absolute atomic E-state index is 0.0380. The van der Waals surface area contributed by atoms with Gasteiger partial charge in [-0.1, -0.05) is 48.5 Å². The maximum Gasteiger partial charge on any atom is 0.246 e. The van der Waals surface area contributed by atoms with Gasteiger partial charge < -0.3 is 10.1 Å². The maximum absolute atomic E-state index is 13.3. The molecular formula is C25H25FN2O4S. The van der Waals surface area contributed by atoms with Crippen molar-refractivity contribution in [2.24, 2.45) is 0 Å². The summed E-state index contributed by atoms with van der Waals surface area (Å²) in [6, 6.07) is 21.9. The van der Waals surface area contributed by atoms with E-state index in [1.54, 1.807) is 36.4 Å². The van der Waals surface area contributed by atoms with E-state index in [2.05, 4.69) is 5.32 Å². The fourth-order valence-electron chi connectivity index (χ4n) is 3.77. The first-order chi connectivity index (χ1) is 15.9. The molecule has 0 aliphatic carbocycles. The van der Waals surface area contributed by atoms with Crippen LogP contribution in [0.1, 0.15) is 17.2 Å². The molecule has 1 saturated heterocycles. The topological polar surface area (TPSA) is 75.7 Å². The summed E-state index contributed by atoms with van der Waals surface area (Å²) in [5.41, 5.74) is 2.20. The molecule has 1 amide bonds. The highest BCUT2D eigenvalue weighted by molar-refractivity contribution is 7.91. The summed E-state index contributed by atoms with van der Waals surface area (Å²) >= 11 is 0. The van der Waals surface area contributed by atoms with Crippen LogP contribution in [0.5, 0.6) is 5.75 Å². The largest absolute Gasteiger partial charge is 0.489 e. The quantitative estimate of drug-likeness (QED) is 0.571. The van der Waals surface area contributed by atoms with Gasteiger partial charge in [0, 0.05) is 24.8 Å². The van der Waals surface area contributed by atoms with Gasteiger partial charge >= 0.3 is 0 Å². The van der Waals surface area contributed by atoms with Crippen molar-refractivity contribution >= 4 is 21.4 Å². The molecule has 1 atom stereocenters. The second-order valence-electron chi connectivity index (χ2n) is 7.93. The van der Waals surface area contributed by atoms with E-state index < -0.39 is 15.9 Å². The lowest BCUT2D eigenvalue weighted by Crippen LogP contribution is -2.46. The highest BCUT2D eigenvalue weighted by Crippen LogP contribution is 2.26. The molecule has 1 N–H and O–H groups in total. The number of nitrogens with zero attached hydrogens (tertiary/aromatic N) is 1. The molecule has 1 aliphatic heterocycles. The van der Waals surface area contributed by atoms with Gasteiger partial charge in [0.15, 0.2) is 9.84 Å². The monoisotopic (exact) mass is 468 g/mol. The van der Waals surface area contributed by atoms with Crippen molar-refractivity contribution in [1.82, 2.24) is 4.90 Å².